The van der Waals surface area contributed by atoms with Crippen LogP contribution in [0.15, 0.2) is 78.9 Å². The lowest BCUT2D eigenvalue weighted by molar-refractivity contribution is -0.122. The number of aromatic nitrogens is 1. The number of methoxy groups -OCH3 is 1. The number of nitrogens with two attached hydrogens (primary N) is 1. The lowest BCUT2D eigenvalue weighted by Gasteiger charge is -2.31. The smallest absolute Gasteiger partial charge is 0.273 e. The lowest BCUT2D eigenvalue weighted by atomic mass is 9.95. The van der Waals surface area contributed by atoms with Gasteiger partial charge in [-0.2, -0.15) is 4.37 Å². The zero-order valence-electron chi connectivity index (χ0n) is 26.7. The number of amides is 3. The van der Waals surface area contributed by atoms with Gasteiger partial charge >= 0.3 is 0 Å². The van der Waals surface area contributed by atoms with Gasteiger partial charge in [-0.1, -0.05) is 61.7 Å². The van der Waals surface area contributed by atoms with Crippen LogP contribution in [0.4, 0.5) is 11.4 Å². The second-order valence-electron chi connectivity index (χ2n) is 11.4. The lowest BCUT2D eigenvalue weighted by Crippen LogP contribution is -2.44. The minimum atomic E-state index is -1.09. The van der Waals surface area contributed by atoms with Crippen molar-refractivity contribution >= 4 is 40.6 Å². The highest BCUT2D eigenvalue weighted by Crippen LogP contribution is 2.35. The number of rotatable bonds is 13. The highest BCUT2D eigenvalue weighted by Gasteiger charge is 2.36. The summed E-state index contributed by atoms with van der Waals surface area (Å²) < 4.78 is 15.3. The van der Waals surface area contributed by atoms with Gasteiger partial charge in [0.1, 0.15) is 22.4 Å². The van der Waals surface area contributed by atoms with Crippen molar-refractivity contribution in [2.45, 2.75) is 57.5 Å². The van der Waals surface area contributed by atoms with Crippen LogP contribution in [0, 0.1) is 0 Å². The van der Waals surface area contributed by atoms with Crippen LogP contribution in [0.1, 0.15) is 76.4 Å². The van der Waals surface area contributed by atoms with Gasteiger partial charge in [-0.3, -0.25) is 19.3 Å². The average molecular weight is 656 g/mol. The molecule has 5 rings (SSSR count). The van der Waals surface area contributed by atoms with E-state index < -0.39 is 17.9 Å². The number of carbonyl (C=O) groups excluding carboxylic acids is 3. The molecule has 0 aliphatic heterocycles. The molecule has 1 heterocycles. The van der Waals surface area contributed by atoms with Crippen molar-refractivity contribution in [3.8, 4) is 11.5 Å². The number of ether oxygens (including phenoxy) is 2. The van der Waals surface area contributed by atoms with E-state index in [2.05, 4.69) is 15.0 Å². The quantitative estimate of drug-likeness (QED) is 0.162. The number of carbonyl (C=O) groups is 3. The fourth-order valence-electron chi connectivity index (χ4n) is 5.75. The molecule has 3 aromatic carbocycles. The third-order valence-electron chi connectivity index (χ3n) is 8.22. The van der Waals surface area contributed by atoms with Crippen molar-refractivity contribution in [1.82, 2.24) is 15.0 Å². The average Bonchev–Trinajstić information content (AvgIpc) is 3.49. The van der Waals surface area contributed by atoms with Gasteiger partial charge in [0.2, 0.25) is 5.91 Å². The van der Waals surface area contributed by atoms with E-state index in [0.717, 1.165) is 49.2 Å². The first-order valence-corrected chi connectivity index (χ1v) is 16.7. The highest BCUT2D eigenvalue weighted by molar-refractivity contribution is 7.09. The summed E-state index contributed by atoms with van der Waals surface area (Å²) in [5.74, 6) is -0.110. The van der Waals surface area contributed by atoms with E-state index in [1.165, 1.54) is 4.90 Å². The number of nitrogens with one attached hydrogen (secondary N) is 2. The van der Waals surface area contributed by atoms with Crippen LogP contribution < -0.4 is 30.7 Å². The molecule has 1 saturated carbocycles. The molecule has 0 saturated heterocycles. The molecular formula is C36H41N5O5S. The molecule has 0 radical (unpaired) electrons. The highest BCUT2D eigenvalue weighted by atomic mass is 32.1. The first kappa shape index (κ1) is 33.5. The Hall–Kier alpha value is -4.90. The fourth-order valence-corrected chi connectivity index (χ4v) is 6.49. The van der Waals surface area contributed by atoms with Gasteiger partial charge < -0.3 is 25.8 Å². The number of hydrogen-bond donors (Lipinski definition) is 3. The molecule has 246 valence electrons. The number of anilines is 2. The van der Waals surface area contributed by atoms with Crippen LogP contribution in [-0.4, -0.2) is 48.4 Å². The van der Waals surface area contributed by atoms with Crippen LogP contribution in [0.3, 0.4) is 0 Å². The second kappa shape index (κ2) is 16.1. The van der Waals surface area contributed by atoms with Crippen molar-refractivity contribution in [2.24, 2.45) is 0 Å². The predicted octanol–water partition coefficient (Wildman–Crippen LogP) is 5.94. The topological polar surface area (TPSA) is 136 Å². The molecule has 1 fully saturated rings. The van der Waals surface area contributed by atoms with Gasteiger partial charge in [0.25, 0.3) is 11.8 Å². The van der Waals surface area contributed by atoms with Crippen LogP contribution in [-0.2, 0) is 11.2 Å². The predicted molar refractivity (Wildman–Crippen MR) is 184 cm³/mol. The Balaban J connectivity index is 1.51. The Morgan fingerprint density at radius 1 is 0.957 bits per heavy atom. The summed E-state index contributed by atoms with van der Waals surface area (Å²) in [7, 11) is 1.56. The van der Waals surface area contributed by atoms with E-state index in [9.17, 15) is 14.4 Å². The van der Waals surface area contributed by atoms with Gasteiger partial charge in [0.15, 0.2) is 5.69 Å². The van der Waals surface area contributed by atoms with Crippen LogP contribution in [0.5, 0.6) is 11.5 Å². The normalized spacial score (nSPS) is 13.7. The minimum Gasteiger partial charge on any atom is -0.497 e. The molecule has 10 nitrogen and oxygen atoms in total. The van der Waals surface area contributed by atoms with Crippen molar-refractivity contribution in [2.75, 3.05) is 30.9 Å². The molecule has 1 aliphatic carbocycles. The van der Waals surface area contributed by atoms with E-state index in [0.29, 0.717) is 42.3 Å². The zero-order valence-corrected chi connectivity index (χ0v) is 27.6. The van der Waals surface area contributed by atoms with Crippen molar-refractivity contribution in [1.29, 1.82) is 0 Å². The Kier molecular flexibility index (Phi) is 11.5. The maximum Gasteiger partial charge on any atom is 0.273 e. The van der Waals surface area contributed by atoms with Gasteiger partial charge in [0, 0.05) is 18.3 Å². The summed E-state index contributed by atoms with van der Waals surface area (Å²) in [6, 6.07) is 22.8. The zero-order chi connectivity index (χ0) is 33.2. The summed E-state index contributed by atoms with van der Waals surface area (Å²) in [4.78, 5) is 43.4. The summed E-state index contributed by atoms with van der Waals surface area (Å²) in [6.45, 7) is 2.72. The van der Waals surface area contributed by atoms with Crippen LogP contribution >= 0.6 is 11.5 Å². The molecule has 3 amide bonds. The van der Waals surface area contributed by atoms with Crippen LogP contribution in [0.25, 0.3) is 0 Å². The Bertz CT molecular complexity index is 1640. The van der Waals surface area contributed by atoms with Gasteiger partial charge in [0.05, 0.1) is 19.4 Å². The fraction of sp³-hybridized carbons (Fsp3) is 0.333. The molecule has 1 aliphatic rings. The standard InChI is InChI=1S/C36H41N5O5S/c1-3-46-29-20-16-27(17-21-29)41(36(44)33-30(37)31(40-47-33)34(42)39-26-12-8-5-9-13-26)32(25-14-18-28(45-2)19-15-25)35(43)38-23-22-24-10-6-4-7-11-24/h4,6-7,10-11,14-21,26,32H,3,5,8-9,12-13,22-23,37H2,1-2H3,(H,38,43)(H,39,42)/t32-/m1/s1. The van der Waals surface area contributed by atoms with Crippen molar-refractivity contribution in [3.63, 3.8) is 0 Å². The molecule has 1 atom stereocenters. The molecule has 4 N–H and O–H groups in total. The second-order valence-corrected chi connectivity index (χ2v) is 12.2. The van der Waals surface area contributed by atoms with Gasteiger partial charge in [-0.25, -0.2) is 0 Å². The van der Waals surface area contributed by atoms with Crippen molar-refractivity contribution in [3.05, 3.63) is 101 Å². The summed E-state index contributed by atoms with van der Waals surface area (Å²) in [5.41, 5.74) is 8.57. The third kappa shape index (κ3) is 8.28. The van der Waals surface area contributed by atoms with E-state index >= 15 is 0 Å². The van der Waals surface area contributed by atoms with E-state index in [4.69, 9.17) is 15.2 Å². The Morgan fingerprint density at radius 2 is 1.64 bits per heavy atom. The maximum absolute atomic E-state index is 14.6. The van der Waals surface area contributed by atoms with Crippen molar-refractivity contribution < 1.29 is 23.9 Å². The number of nitrogen functional groups attached to an aromatic ring is 1. The number of nitrogens with zero attached hydrogens (tertiary/aromatic N) is 2. The molecule has 47 heavy (non-hydrogen) atoms. The summed E-state index contributed by atoms with van der Waals surface area (Å²) in [6.07, 6.45) is 5.67. The van der Waals surface area contributed by atoms with Gasteiger partial charge in [-0.15, -0.1) is 0 Å². The van der Waals surface area contributed by atoms with E-state index in [1.54, 1.807) is 55.6 Å². The number of benzene rings is 3. The molecular weight excluding hydrogens is 614 g/mol. The Morgan fingerprint density at radius 3 is 2.30 bits per heavy atom. The number of hydrogen-bond acceptors (Lipinski definition) is 8. The first-order valence-electron chi connectivity index (χ1n) is 16.0. The third-order valence-corrected chi connectivity index (χ3v) is 9.07. The summed E-state index contributed by atoms with van der Waals surface area (Å²) >= 11 is 0.851. The first-order chi connectivity index (χ1) is 22.9. The molecule has 4 aromatic rings. The van der Waals surface area contributed by atoms with Crippen LogP contribution in [0.2, 0.25) is 0 Å². The Labute approximate surface area is 279 Å². The molecule has 0 unspecified atom stereocenters. The largest absolute Gasteiger partial charge is 0.497 e. The molecule has 0 bridgehead atoms. The molecule has 0 spiro atoms. The SMILES string of the molecule is CCOc1ccc(N(C(=O)c2snc(C(=O)NC3CCCCC3)c2N)[C@@H](C(=O)NCCc2ccccc2)c2ccc(OC)cc2)cc1. The molecule has 11 heteroatoms. The molecule has 1 aromatic heterocycles. The minimum absolute atomic E-state index is 0.0118. The van der Waals surface area contributed by atoms with Gasteiger partial charge in [-0.05, 0) is 85.2 Å². The summed E-state index contributed by atoms with van der Waals surface area (Å²) in [5, 5.41) is 6.07. The van der Waals surface area contributed by atoms with E-state index in [1.807, 2.05) is 37.3 Å². The maximum atomic E-state index is 14.6. The monoisotopic (exact) mass is 655 g/mol. The van der Waals surface area contributed by atoms with E-state index in [-0.39, 0.29) is 28.2 Å².